The van der Waals surface area contributed by atoms with Crippen LogP contribution in [0.15, 0.2) is 0 Å². The van der Waals surface area contributed by atoms with Crippen molar-refractivity contribution in [2.45, 2.75) is 70.9 Å². The van der Waals surface area contributed by atoms with Crippen LogP contribution >= 0.6 is 0 Å². The van der Waals surface area contributed by atoms with Crippen LogP contribution in [-0.4, -0.2) is 41.4 Å². The third kappa shape index (κ3) is 6.37. The molecule has 0 saturated carbocycles. The maximum atomic E-state index is 12.1. The van der Waals surface area contributed by atoms with Gasteiger partial charge in [-0.3, -0.25) is 9.59 Å². The normalized spacial score (nSPS) is 17.1. The van der Waals surface area contributed by atoms with E-state index in [1.807, 2.05) is 25.7 Å². The van der Waals surface area contributed by atoms with E-state index >= 15 is 0 Å². The minimum absolute atomic E-state index is 0.127. The first-order valence-electron chi connectivity index (χ1n) is 7.68. The molecular weight excluding hydrogens is 254 g/mol. The van der Waals surface area contributed by atoms with E-state index in [0.29, 0.717) is 19.3 Å². The van der Waals surface area contributed by atoms with Gasteiger partial charge in [0.15, 0.2) is 0 Å². The molecule has 0 aromatic heterocycles. The van der Waals surface area contributed by atoms with E-state index in [0.717, 1.165) is 32.4 Å². The van der Waals surface area contributed by atoms with Gasteiger partial charge in [-0.05, 0) is 39.5 Å². The van der Waals surface area contributed by atoms with Gasteiger partial charge in [0.2, 0.25) is 11.8 Å². The Kier molecular flexibility index (Phi) is 6.46. The maximum Gasteiger partial charge on any atom is 0.222 e. The van der Waals surface area contributed by atoms with E-state index in [-0.39, 0.29) is 23.4 Å². The van der Waals surface area contributed by atoms with E-state index in [2.05, 4.69) is 5.32 Å². The summed E-state index contributed by atoms with van der Waals surface area (Å²) in [7, 11) is 0. The number of nitrogens with zero attached hydrogens (tertiary/aromatic N) is 1. The van der Waals surface area contributed by atoms with E-state index < -0.39 is 0 Å². The molecule has 0 unspecified atom stereocenters. The fourth-order valence-corrected chi connectivity index (χ4v) is 2.39. The van der Waals surface area contributed by atoms with Gasteiger partial charge in [-0.2, -0.15) is 0 Å². The Morgan fingerprint density at radius 1 is 1.25 bits per heavy atom. The number of hydrogen-bond donors (Lipinski definition) is 2. The van der Waals surface area contributed by atoms with Crippen molar-refractivity contribution in [3.8, 4) is 0 Å². The van der Waals surface area contributed by atoms with Gasteiger partial charge in [-0.25, -0.2) is 0 Å². The maximum absolute atomic E-state index is 12.1. The van der Waals surface area contributed by atoms with Crippen molar-refractivity contribution in [2.24, 2.45) is 5.73 Å². The number of amides is 2. The fraction of sp³-hybridized carbons (Fsp3) is 0.867. The van der Waals surface area contributed by atoms with Crippen molar-refractivity contribution in [3.05, 3.63) is 0 Å². The molecule has 0 aromatic rings. The Morgan fingerprint density at radius 3 is 2.35 bits per heavy atom. The summed E-state index contributed by atoms with van der Waals surface area (Å²) >= 11 is 0. The van der Waals surface area contributed by atoms with Crippen LogP contribution in [0.2, 0.25) is 0 Å². The predicted molar refractivity (Wildman–Crippen MR) is 80.2 cm³/mol. The van der Waals surface area contributed by atoms with Gasteiger partial charge in [-0.1, -0.05) is 6.92 Å². The zero-order chi connectivity index (χ0) is 15.2. The zero-order valence-corrected chi connectivity index (χ0v) is 13.1. The highest BCUT2D eigenvalue weighted by Crippen LogP contribution is 2.14. The molecule has 20 heavy (non-hydrogen) atoms. The van der Waals surface area contributed by atoms with Crippen molar-refractivity contribution in [3.63, 3.8) is 0 Å². The van der Waals surface area contributed by atoms with Crippen LogP contribution in [-0.2, 0) is 9.59 Å². The van der Waals surface area contributed by atoms with Crippen molar-refractivity contribution in [1.82, 2.24) is 10.2 Å². The monoisotopic (exact) mass is 283 g/mol. The van der Waals surface area contributed by atoms with Crippen LogP contribution in [0, 0.1) is 0 Å². The van der Waals surface area contributed by atoms with Crippen LogP contribution in [0.5, 0.6) is 0 Å². The average molecular weight is 283 g/mol. The summed E-state index contributed by atoms with van der Waals surface area (Å²) in [6, 6.07) is 0.226. The second kappa shape index (κ2) is 7.62. The molecule has 0 atom stereocenters. The molecule has 1 aliphatic rings. The highest BCUT2D eigenvalue weighted by molar-refractivity contribution is 5.77. The molecule has 5 nitrogen and oxygen atoms in total. The first-order chi connectivity index (χ1) is 9.31. The summed E-state index contributed by atoms with van der Waals surface area (Å²) in [5.41, 5.74) is 5.61. The number of hydrogen-bond acceptors (Lipinski definition) is 3. The summed E-state index contributed by atoms with van der Waals surface area (Å²) in [6.07, 6.45) is 4.39. The van der Waals surface area contributed by atoms with Gasteiger partial charge in [0, 0.05) is 37.5 Å². The van der Waals surface area contributed by atoms with Gasteiger partial charge in [0.25, 0.3) is 0 Å². The molecule has 3 N–H and O–H groups in total. The summed E-state index contributed by atoms with van der Waals surface area (Å²) in [5, 5.41) is 3.04. The lowest BCUT2D eigenvalue weighted by molar-refractivity contribution is -0.132. The van der Waals surface area contributed by atoms with Gasteiger partial charge < -0.3 is 16.0 Å². The molecule has 1 saturated heterocycles. The van der Waals surface area contributed by atoms with E-state index in [9.17, 15) is 9.59 Å². The third-order valence-electron chi connectivity index (χ3n) is 3.67. The molecule has 0 spiro atoms. The molecule has 1 fully saturated rings. The topological polar surface area (TPSA) is 75.4 Å². The van der Waals surface area contributed by atoms with Crippen LogP contribution in [0.4, 0.5) is 0 Å². The second-order valence-corrected chi connectivity index (χ2v) is 6.46. The average Bonchev–Trinajstić information content (AvgIpc) is 2.36. The summed E-state index contributed by atoms with van der Waals surface area (Å²) in [6.45, 7) is 7.35. The lowest BCUT2D eigenvalue weighted by Crippen LogP contribution is -2.47. The lowest BCUT2D eigenvalue weighted by Gasteiger charge is -2.33. The molecule has 0 bridgehead atoms. The lowest BCUT2D eigenvalue weighted by atomic mass is 9.98. The summed E-state index contributed by atoms with van der Waals surface area (Å²) in [5.74, 6) is 0.309. The van der Waals surface area contributed by atoms with Gasteiger partial charge in [-0.15, -0.1) is 0 Å². The Hall–Kier alpha value is -1.10. The smallest absolute Gasteiger partial charge is 0.222 e. The van der Waals surface area contributed by atoms with Crippen molar-refractivity contribution < 1.29 is 9.59 Å². The Labute approximate surface area is 122 Å². The Bertz CT molecular complexity index is 329. The standard InChI is InChI=1S/C15H29N3O2/c1-4-5-13(19)17-12-7-10-18(11-8-12)14(20)6-9-15(2,3)16/h12H,4-11,16H2,1-3H3,(H,17,19). The number of carbonyl (C=O) groups is 2. The van der Waals surface area contributed by atoms with E-state index in [1.54, 1.807) is 0 Å². The predicted octanol–water partition coefficient (Wildman–Crippen LogP) is 1.41. The van der Waals surface area contributed by atoms with Crippen LogP contribution in [0.3, 0.4) is 0 Å². The molecule has 0 aromatic carbocycles. The van der Waals surface area contributed by atoms with Crippen molar-refractivity contribution in [1.29, 1.82) is 0 Å². The number of likely N-dealkylation sites (tertiary alicyclic amines) is 1. The van der Waals surface area contributed by atoms with Crippen molar-refractivity contribution in [2.75, 3.05) is 13.1 Å². The van der Waals surface area contributed by atoms with E-state index in [1.165, 1.54) is 0 Å². The Balaban J connectivity index is 2.27. The van der Waals surface area contributed by atoms with Gasteiger partial charge in [0.1, 0.15) is 0 Å². The second-order valence-electron chi connectivity index (χ2n) is 6.46. The number of nitrogens with two attached hydrogens (primary N) is 1. The molecular formula is C15H29N3O2. The van der Waals surface area contributed by atoms with Crippen LogP contribution in [0.25, 0.3) is 0 Å². The Morgan fingerprint density at radius 2 is 1.85 bits per heavy atom. The molecule has 116 valence electrons. The fourth-order valence-electron chi connectivity index (χ4n) is 2.39. The quantitative estimate of drug-likeness (QED) is 0.774. The number of rotatable bonds is 6. The highest BCUT2D eigenvalue weighted by Gasteiger charge is 2.24. The molecule has 5 heteroatoms. The molecule has 2 amide bonds. The minimum atomic E-state index is -0.290. The summed E-state index contributed by atoms with van der Waals surface area (Å²) < 4.78 is 0. The largest absolute Gasteiger partial charge is 0.353 e. The highest BCUT2D eigenvalue weighted by atomic mass is 16.2. The SMILES string of the molecule is CCCC(=O)NC1CCN(C(=O)CCC(C)(C)N)CC1. The zero-order valence-electron chi connectivity index (χ0n) is 13.1. The van der Waals surface area contributed by atoms with E-state index in [4.69, 9.17) is 5.73 Å². The number of piperidine rings is 1. The summed E-state index contributed by atoms with van der Waals surface area (Å²) in [4.78, 5) is 25.5. The van der Waals surface area contributed by atoms with Crippen LogP contribution in [0.1, 0.15) is 59.3 Å². The molecule has 0 aliphatic carbocycles. The number of carbonyl (C=O) groups excluding carboxylic acids is 2. The molecule has 1 aliphatic heterocycles. The molecule has 0 radical (unpaired) electrons. The van der Waals surface area contributed by atoms with Gasteiger partial charge in [0.05, 0.1) is 0 Å². The van der Waals surface area contributed by atoms with Crippen LogP contribution < -0.4 is 11.1 Å². The first-order valence-corrected chi connectivity index (χ1v) is 7.68. The van der Waals surface area contributed by atoms with Crippen molar-refractivity contribution >= 4 is 11.8 Å². The first kappa shape index (κ1) is 17.0. The molecule has 1 heterocycles. The minimum Gasteiger partial charge on any atom is -0.353 e. The third-order valence-corrected chi connectivity index (χ3v) is 3.67. The molecule has 1 rings (SSSR count). The van der Waals surface area contributed by atoms with Gasteiger partial charge >= 0.3 is 0 Å². The number of nitrogens with one attached hydrogen (secondary N) is 1.